The first-order chi connectivity index (χ1) is 9.76. The molecule has 2 nitrogen and oxygen atoms in total. The summed E-state index contributed by atoms with van der Waals surface area (Å²) in [4.78, 5) is 2.68. The fraction of sp³-hybridized carbons (Fsp3) is 0.667. The summed E-state index contributed by atoms with van der Waals surface area (Å²) < 4.78 is 0. The molecule has 1 aliphatic carbocycles. The van der Waals surface area contributed by atoms with Crippen LogP contribution in [0.4, 0.5) is 0 Å². The van der Waals surface area contributed by atoms with Gasteiger partial charge in [0.25, 0.3) is 0 Å². The van der Waals surface area contributed by atoms with Gasteiger partial charge in [0.2, 0.25) is 0 Å². The number of aromatic hydroxyl groups is 1. The molecular formula is C18H29NO. The molecule has 1 atom stereocenters. The number of nitrogens with zero attached hydrogens (tertiary/aromatic N) is 1. The molecule has 20 heavy (non-hydrogen) atoms. The molecule has 2 heteroatoms. The molecule has 1 N–H and O–H groups in total. The largest absolute Gasteiger partial charge is 0.508 e. The summed E-state index contributed by atoms with van der Waals surface area (Å²) in [5, 5.41) is 9.68. The standard InChI is InChI=1S/C18H29NO/c1-3-5-12-19(13-6-4-2)18-9-7-8-15-14-16(20)10-11-17(15)18/h10-11,14,18,20H,3-9,12-13H2,1-2H3. The summed E-state index contributed by atoms with van der Waals surface area (Å²) in [6.07, 6.45) is 8.73. The van der Waals surface area contributed by atoms with Gasteiger partial charge in [0.05, 0.1) is 0 Å². The van der Waals surface area contributed by atoms with E-state index in [4.69, 9.17) is 0 Å². The van der Waals surface area contributed by atoms with E-state index in [9.17, 15) is 5.11 Å². The van der Waals surface area contributed by atoms with Crippen molar-refractivity contribution in [2.45, 2.75) is 64.8 Å². The Hall–Kier alpha value is -1.02. The van der Waals surface area contributed by atoms with E-state index in [0.29, 0.717) is 11.8 Å². The Bertz CT molecular complexity index is 408. The minimum Gasteiger partial charge on any atom is -0.508 e. The van der Waals surface area contributed by atoms with Crippen LogP contribution < -0.4 is 0 Å². The molecule has 0 saturated heterocycles. The fourth-order valence-electron chi connectivity index (χ4n) is 3.30. The van der Waals surface area contributed by atoms with E-state index in [2.05, 4.69) is 24.8 Å². The first-order valence-electron chi connectivity index (χ1n) is 8.32. The van der Waals surface area contributed by atoms with Crippen LogP contribution in [0.5, 0.6) is 5.75 Å². The average molecular weight is 275 g/mol. The molecule has 0 bridgehead atoms. The molecule has 0 aromatic heterocycles. The zero-order valence-corrected chi connectivity index (χ0v) is 13.1. The predicted octanol–water partition coefficient (Wildman–Crippen LogP) is 4.67. The number of phenols is 1. The molecular weight excluding hydrogens is 246 g/mol. The van der Waals surface area contributed by atoms with E-state index < -0.39 is 0 Å². The SMILES string of the molecule is CCCCN(CCCC)C1CCCc2cc(O)ccc21. The number of unbranched alkanes of at least 4 members (excludes halogenated alkanes) is 2. The smallest absolute Gasteiger partial charge is 0.115 e. The summed E-state index contributed by atoms with van der Waals surface area (Å²) in [5.41, 5.74) is 2.82. The molecule has 0 heterocycles. The van der Waals surface area contributed by atoms with E-state index in [1.807, 2.05) is 12.1 Å². The Morgan fingerprint density at radius 2 is 1.85 bits per heavy atom. The molecule has 0 radical (unpaired) electrons. The number of rotatable bonds is 7. The third-order valence-corrected chi connectivity index (χ3v) is 4.45. The maximum absolute atomic E-state index is 9.68. The first kappa shape index (κ1) is 15.4. The van der Waals surface area contributed by atoms with Crippen LogP contribution >= 0.6 is 0 Å². The van der Waals surface area contributed by atoms with Gasteiger partial charge in [-0.15, -0.1) is 0 Å². The molecule has 1 aliphatic rings. The van der Waals surface area contributed by atoms with Gasteiger partial charge in [0.15, 0.2) is 0 Å². The van der Waals surface area contributed by atoms with Gasteiger partial charge in [-0.25, -0.2) is 0 Å². The molecule has 0 saturated carbocycles. The van der Waals surface area contributed by atoms with Crippen LogP contribution in [0, 0.1) is 0 Å². The highest BCUT2D eigenvalue weighted by atomic mass is 16.3. The zero-order chi connectivity index (χ0) is 14.4. The lowest BCUT2D eigenvalue weighted by molar-refractivity contribution is 0.173. The van der Waals surface area contributed by atoms with E-state index in [0.717, 1.165) is 6.42 Å². The lowest BCUT2D eigenvalue weighted by atomic mass is 9.86. The lowest BCUT2D eigenvalue weighted by Crippen LogP contribution is -2.33. The van der Waals surface area contributed by atoms with E-state index in [-0.39, 0.29) is 0 Å². The van der Waals surface area contributed by atoms with Crippen molar-refractivity contribution in [3.63, 3.8) is 0 Å². The average Bonchev–Trinajstić information content (AvgIpc) is 2.47. The Morgan fingerprint density at radius 1 is 1.15 bits per heavy atom. The Kier molecular flexibility index (Phi) is 5.90. The number of phenolic OH excluding ortho intramolecular Hbond substituents is 1. The van der Waals surface area contributed by atoms with E-state index in [1.54, 1.807) is 0 Å². The van der Waals surface area contributed by atoms with Crippen LogP contribution in [-0.4, -0.2) is 23.1 Å². The van der Waals surface area contributed by atoms with Gasteiger partial charge in [-0.3, -0.25) is 4.90 Å². The van der Waals surface area contributed by atoms with Crippen molar-refractivity contribution in [1.82, 2.24) is 4.90 Å². The third kappa shape index (κ3) is 3.76. The summed E-state index contributed by atoms with van der Waals surface area (Å²) in [5.74, 6) is 0.415. The molecule has 1 aromatic rings. The monoisotopic (exact) mass is 275 g/mol. The third-order valence-electron chi connectivity index (χ3n) is 4.45. The van der Waals surface area contributed by atoms with E-state index >= 15 is 0 Å². The van der Waals surface area contributed by atoms with Gasteiger partial charge in [0, 0.05) is 6.04 Å². The Balaban J connectivity index is 2.16. The number of aryl methyl sites for hydroxylation is 1. The number of hydrogen-bond donors (Lipinski definition) is 1. The first-order valence-corrected chi connectivity index (χ1v) is 8.32. The highest BCUT2D eigenvalue weighted by Crippen LogP contribution is 2.36. The molecule has 2 rings (SSSR count). The number of benzene rings is 1. The Morgan fingerprint density at radius 3 is 2.50 bits per heavy atom. The van der Waals surface area contributed by atoms with Crippen molar-refractivity contribution >= 4 is 0 Å². The molecule has 112 valence electrons. The summed E-state index contributed by atoms with van der Waals surface area (Å²) in [6.45, 7) is 6.96. The number of fused-ring (bicyclic) bond motifs is 1. The second kappa shape index (κ2) is 7.68. The zero-order valence-electron chi connectivity index (χ0n) is 13.1. The minimum absolute atomic E-state index is 0.415. The normalized spacial score (nSPS) is 18.2. The van der Waals surface area contributed by atoms with Gasteiger partial charge in [0.1, 0.15) is 5.75 Å². The molecule has 0 spiro atoms. The van der Waals surface area contributed by atoms with Gasteiger partial charge < -0.3 is 5.11 Å². The van der Waals surface area contributed by atoms with Crippen LogP contribution in [0.15, 0.2) is 18.2 Å². The van der Waals surface area contributed by atoms with Crippen molar-refractivity contribution in [3.05, 3.63) is 29.3 Å². The van der Waals surface area contributed by atoms with Crippen molar-refractivity contribution in [3.8, 4) is 5.75 Å². The van der Waals surface area contributed by atoms with Gasteiger partial charge in [-0.05, 0) is 68.5 Å². The second-order valence-corrected chi connectivity index (χ2v) is 6.03. The molecule has 1 unspecified atom stereocenters. The van der Waals surface area contributed by atoms with Crippen LogP contribution in [0.1, 0.15) is 69.5 Å². The van der Waals surface area contributed by atoms with Crippen molar-refractivity contribution in [2.75, 3.05) is 13.1 Å². The number of hydrogen-bond acceptors (Lipinski definition) is 2. The highest BCUT2D eigenvalue weighted by molar-refractivity contribution is 5.38. The van der Waals surface area contributed by atoms with Gasteiger partial charge >= 0.3 is 0 Å². The maximum atomic E-state index is 9.68. The summed E-state index contributed by atoms with van der Waals surface area (Å²) in [6, 6.07) is 6.55. The van der Waals surface area contributed by atoms with Crippen molar-refractivity contribution in [1.29, 1.82) is 0 Å². The molecule has 0 fully saturated rings. The fourth-order valence-corrected chi connectivity index (χ4v) is 3.30. The topological polar surface area (TPSA) is 23.5 Å². The molecule has 1 aromatic carbocycles. The summed E-state index contributed by atoms with van der Waals surface area (Å²) >= 11 is 0. The van der Waals surface area contributed by atoms with Crippen LogP contribution in [0.3, 0.4) is 0 Å². The van der Waals surface area contributed by atoms with Crippen LogP contribution in [0.2, 0.25) is 0 Å². The van der Waals surface area contributed by atoms with Gasteiger partial charge in [-0.2, -0.15) is 0 Å². The maximum Gasteiger partial charge on any atom is 0.115 e. The molecule has 0 amide bonds. The van der Waals surface area contributed by atoms with Crippen LogP contribution in [0.25, 0.3) is 0 Å². The van der Waals surface area contributed by atoms with Crippen molar-refractivity contribution in [2.24, 2.45) is 0 Å². The van der Waals surface area contributed by atoms with Crippen LogP contribution in [-0.2, 0) is 6.42 Å². The van der Waals surface area contributed by atoms with Gasteiger partial charge in [-0.1, -0.05) is 32.8 Å². The lowest BCUT2D eigenvalue weighted by Gasteiger charge is -2.36. The van der Waals surface area contributed by atoms with E-state index in [1.165, 1.54) is 62.7 Å². The minimum atomic E-state index is 0.415. The second-order valence-electron chi connectivity index (χ2n) is 6.03. The van der Waals surface area contributed by atoms with Crippen molar-refractivity contribution < 1.29 is 5.11 Å². The predicted molar refractivity (Wildman–Crippen MR) is 85.2 cm³/mol. The Labute approximate surface area is 123 Å². The quantitative estimate of drug-likeness (QED) is 0.781. The highest BCUT2D eigenvalue weighted by Gasteiger charge is 2.25. The summed E-state index contributed by atoms with van der Waals surface area (Å²) in [7, 11) is 0. The molecule has 0 aliphatic heterocycles.